The molecule has 4 heteroatoms. The molecule has 2 aromatic rings. The molecule has 20 heavy (non-hydrogen) atoms. The van der Waals surface area contributed by atoms with E-state index in [2.05, 4.69) is 28.1 Å². The van der Waals surface area contributed by atoms with Gasteiger partial charge in [-0.2, -0.15) is 0 Å². The lowest BCUT2D eigenvalue weighted by atomic mass is 9.89. The predicted octanol–water partition coefficient (Wildman–Crippen LogP) is 4.63. The highest BCUT2D eigenvalue weighted by molar-refractivity contribution is 9.10. The molecule has 0 aliphatic heterocycles. The van der Waals surface area contributed by atoms with E-state index in [0.717, 1.165) is 19.3 Å². The van der Waals surface area contributed by atoms with Crippen molar-refractivity contribution in [3.05, 3.63) is 57.8 Å². The number of hydrogen-bond acceptors (Lipinski definition) is 2. The van der Waals surface area contributed by atoms with Gasteiger partial charge in [-0.3, -0.25) is 0 Å². The van der Waals surface area contributed by atoms with E-state index < -0.39 is 0 Å². The second kappa shape index (κ2) is 5.44. The summed E-state index contributed by atoms with van der Waals surface area (Å²) in [4.78, 5) is 0. The highest BCUT2D eigenvalue weighted by Gasteiger charge is 2.22. The number of anilines is 1. The van der Waals surface area contributed by atoms with Crippen LogP contribution in [0, 0.1) is 5.82 Å². The molecule has 3 rings (SSSR count). The fraction of sp³-hybridized carbons (Fsp3) is 0.250. The summed E-state index contributed by atoms with van der Waals surface area (Å²) in [5.74, 6) is 0.152. The number of halogens is 2. The van der Waals surface area contributed by atoms with Crippen LogP contribution in [0.15, 0.2) is 40.9 Å². The van der Waals surface area contributed by atoms with E-state index in [9.17, 15) is 4.39 Å². The van der Waals surface area contributed by atoms with Crippen molar-refractivity contribution in [3.8, 4) is 5.75 Å². The number of nitrogens with two attached hydrogens (primary N) is 1. The maximum Gasteiger partial charge on any atom is 0.144 e. The van der Waals surface area contributed by atoms with E-state index in [0.29, 0.717) is 15.9 Å². The molecule has 0 fully saturated rings. The Balaban J connectivity index is 1.91. The SMILES string of the molecule is Nc1cc(F)c(Br)cc1OC1CCCc2ccccc21. The summed E-state index contributed by atoms with van der Waals surface area (Å²) in [7, 11) is 0. The van der Waals surface area contributed by atoms with Crippen molar-refractivity contribution in [2.45, 2.75) is 25.4 Å². The van der Waals surface area contributed by atoms with Crippen LogP contribution < -0.4 is 10.5 Å². The fourth-order valence-corrected chi connectivity index (χ4v) is 2.95. The van der Waals surface area contributed by atoms with E-state index in [1.807, 2.05) is 12.1 Å². The Morgan fingerprint density at radius 1 is 1.25 bits per heavy atom. The molecule has 0 bridgehead atoms. The lowest BCUT2D eigenvalue weighted by Crippen LogP contribution is -2.15. The van der Waals surface area contributed by atoms with Crippen molar-refractivity contribution in [2.75, 3.05) is 5.73 Å². The van der Waals surface area contributed by atoms with Gasteiger partial charge in [-0.15, -0.1) is 0 Å². The highest BCUT2D eigenvalue weighted by atomic mass is 79.9. The number of fused-ring (bicyclic) bond motifs is 1. The molecule has 0 heterocycles. The first-order valence-corrected chi connectivity index (χ1v) is 7.43. The summed E-state index contributed by atoms with van der Waals surface area (Å²) in [6.07, 6.45) is 3.10. The largest absolute Gasteiger partial charge is 0.484 e. The normalized spacial score (nSPS) is 17.6. The summed E-state index contributed by atoms with van der Waals surface area (Å²) in [5, 5.41) is 0. The number of rotatable bonds is 2. The van der Waals surface area contributed by atoms with Gasteiger partial charge in [-0.05, 0) is 52.4 Å². The minimum absolute atomic E-state index is 0.0142. The molecule has 104 valence electrons. The smallest absolute Gasteiger partial charge is 0.144 e. The zero-order valence-electron chi connectivity index (χ0n) is 10.9. The van der Waals surface area contributed by atoms with Gasteiger partial charge in [0.15, 0.2) is 0 Å². The van der Waals surface area contributed by atoms with Crippen molar-refractivity contribution in [1.29, 1.82) is 0 Å². The standard InChI is InChI=1S/C16H15BrFNO/c17-12-8-16(14(19)9-13(12)18)20-15-7-3-5-10-4-1-2-6-11(10)15/h1-2,4,6,8-9,15H,3,5,7,19H2. The Bertz CT molecular complexity index is 644. The van der Waals surface area contributed by atoms with Gasteiger partial charge in [0.1, 0.15) is 17.7 Å². The molecule has 0 amide bonds. The monoisotopic (exact) mass is 335 g/mol. The minimum Gasteiger partial charge on any atom is -0.484 e. The summed E-state index contributed by atoms with van der Waals surface area (Å²) >= 11 is 3.17. The average molecular weight is 336 g/mol. The first kappa shape index (κ1) is 13.4. The fourth-order valence-electron chi connectivity index (χ4n) is 2.63. The molecule has 2 N–H and O–H groups in total. The Morgan fingerprint density at radius 2 is 2.05 bits per heavy atom. The molecule has 0 spiro atoms. The van der Waals surface area contributed by atoms with Gasteiger partial charge in [-0.25, -0.2) is 4.39 Å². The highest BCUT2D eigenvalue weighted by Crippen LogP contribution is 2.37. The Morgan fingerprint density at radius 3 is 2.90 bits per heavy atom. The first-order valence-electron chi connectivity index (χ1n) is 6.64. The van der Waals surface area contributed by atoms with Crippen molar-refractivity contribution >= 4 is 21.6 Å². The van der Waals surface area contributed by atoms with Gasteiger partial charge >= 0.3 is 0 Å². The van der Waals surface area contributed by atoms with E-state index >= 15 is 0 Å². The van der Waals surface area contributed by atoms with Crippen LogP contribution in [0.5, 0.6) is 5.75 Å². The minimum atomic E-state index is -0.376. The molecule has 1 atom stereocenters. The Hall–Kier alpha value is -1.55. The van der Waals surface area contributed by atoms with E-state index in [-0.39, 0.29) is 11.9 Å². The van der Waals surface area contributed by atoms with Crippen molar-refractivity contribution in [3.63, 3.8) is 0 Å². The quantitative estimate of drug-likeness (QED) is 0.812. The van der Waals surface area contributed by atoms with Crippen LogP contribution in [-0.4, -0.2) is 0 Å². The number of ether oxygens (including phenoxy) is 1. The van der Waals surface area contributed by atoms with E-state index in [4.69, 9.17) is 10.5 Å². The maximum atomic E-state index is 13.4. The van der Waals surface area contributed by atoms with Gasteiger partial charge in [0.25, 0.3) is 0 Å². The van der Waals surface area contributed by atoms with Crippen molar-refractivity contribution < 1.29 is 9.13 Å². The van der Waals surface area contributed by atoms with Gasteiger partial charge in [0.2, 0.25) is 0 Å². The zero-order valence-corrected chi connectivity index (χ0v) is 12.5. The Kier molecular flexibility index (Phi) is 3.66. The van der Waals surface area contributed by atoms with Crippen LogP contribution >= 0.6 is 15.9 Å². The van der Waals surface area contributed by atoms with Crippen LogP contribution in [0.3, 0.4) is 0 Å². The van der Waals surface area contributed by atoms with Gasteiger partial charge < -0.3 is 10.5 Å². The van der Waals surface area contributed by atoms with Crippen LogP contribution in [0.25, 0.3) is 0 Å². The zero-order chi connectivity index (χ0) is 14.1. The molecule has 2 aromatic carbocycles. The average Bonchev–Trinajstić information content (AvgIpc) is 2.45. The van der Waals surface area contributed by atoms with E-state index in [1.54, 1.807) is 6.07 Å². The summed E-state index contributed by atoms with van der Waals surface area (Å²) in [6.45, 7) is 0. The summed E-state index contributed by atoms with van der Waals surface area (Å²) < 4.78 is 19.8. The number of nitrogen functional groups attached to an aromatic ring is 1. The number of benzene rings is 2. The molecule has 2 nitrogen and oxygen atoms in total. The molecule has 1 aliphatic rings. The lowest BCUT2D eigenvalue weighted by molar-refractivity contribution is 0.184. The number of aryl methyl sites for hydroxylation is 1. The summed E-state index contributed by atoms with van der Waals surface area (Å²) in [6, 6.07) is 11.2. The summed E-state index contributed by atoms with van der Waals surface area (Å²) in [5.41, 5.74) is 8.70. The molecular formula is C16H15BrFNO. The van der Waals surface area contributed by atoms with Crippen LogP contribution in [0.2, 0.25) is 0 Å². The lowest BCUT2D eigenvalue weighted by Gasteiger charge is -2.27. The van der Waals surface area contributed by atoms with Crippen LogP contribution in [-0.2, 0) is 6.42 Å². The van der Waals surface area contributed by atoms with Crippen molar-refractivity contribution in [1.82, 2.24) is 0 Å². The molecule has 0 radical (unpaired) electrons. The topological polar surface area (TPSA) is 35.2 Å². The molecular weight excluding hydrogens is 321 g/mol. The predicted molar refractivity (Wildman–Crippen MR) is 81.3 cm³/mol. The first-order chi connectivity index (χ1) is 9.65. The molecule has 1 aliphatic carbocycles. The third kappa shape index (κ3) is 2.52. The third-order valence-corrected chi connectivity index (χ3v) is 4.24. The second-order valence-corrected chi connectivity index (χ2v) is 5.86. The van der Waals surface area contributed by atoms with E-state index in [1.165, 1.54) is 17.2 Å². The van der Waals surface area contributed by atoms with Gasteiger partial charge in [0, 0.05) is 6.07 Å². The molecule has 0 saturated heterocycles. The second-order valence-electron chi connectivity index (χ2n) is 5.00. The van der Waals surface area contributed by atoms with Crippen LogP contribution in [0.1, 0.15) is 30.1 Å². The van der Waals surface area contributed by atoms with Gasteiger partial charge in [0.05, 0.1) is 10.2 Å². The van der Waals surface area contributed by atoms with Crippen molar-refractivity contribution in [2.24, 2.45) is 0 Å². The number of hydrogen-bond donors (Lipinski definition) is 1. The Labute approximate surface area is 125 Å². The molecule has 1 unspecified atom stereocenters. The molecule has 0 aromatic heterocycles. The van der Waals surface area contributed by atoms with Crippen LogP contribution in [0.4, 0.5) is 10.1 Å². The maximum absolute atomic E-state index is 13.4. The molecule has 0 saturated carbocycles. The third-order valence-electron chi connectivity index (χ3n) is 3.64. The van der Waals surface area contributed by atoms with Gasteiger partial charge in [-0.1, -0.05) is 24.3 Å².